The van der Waals surface area contributed by atoms with Gasteiger partial charge >= 0.3 is 5.97 Å². The number of halogens is 2. The molecule has 0 aromatic heterocycles. The van der Waals surface area contributed by atoms with Gasteiger partial charge in [0.1, 0.15) is 11.6 Å². The van der Waals surface area contributed by atoms with E-state index in [-0.39, 0.29) is 12.2 Å². The van der Waals surface area contributed by atoms with Crippen LogP contribution in [-0.2, 0) is 9.53 Å². The molecule has 0 heterocycles. The van der Waals surface area contributed by atoms with Crippen molar-refractivity contribution in [1.82, 2.24) is 0 Å². The molecule has 0 fully saturated rings. The molecule has 0 N–H and O–H groups in total. The van der Waals surface area contributed by atoms with Crippen LogP contribution in [0.15, 0.2) is 23.8 Å². The molecule has 0 atom stereocenters. The third kappa shape index (κ3) is 4.10. The molecule has 88 valence electrons. The number of ether oxygens (including phenoxy) is 1. The van der Waals surface area contributed by atoms with Gasteiger partial charge in [0.25, 0.3) is 0 Å². The van der Waals surface area contributed by atoms with Crippen LogP contribution in [0.2, 0.25) is 10.0 Å². The first-order chi connectivity index (χ1) is 8.06. The van der Waals surface area contributed by atoms with Crippen molar-refractivity contribution in [3.63, 3.8) is 0 Å². The van der Waals surface area contributed by atoms with Crippen LogP contribution in [0.3, 0.4) is 0 Å². The number of nitrogens with zero attached hydrogens (tertiary/aromatic N) is 1. The first-order valence-corrected chi connectivity index (χ1v) is 5.57. The van der Waals surface area contributed by atoms with Crippen LogP contribution < -0.4 is 0 Å². The Morgan fingerprint density at radius 2 is 2.00 bits per heavy atom. The molecule has 5 heteroatoms. The van der Waals surface area contributed by atoms with Crippen LogP contribution in [0, 0.1) is 11.3 Å². The van der Waals surface area contributed by atoms with E-state index >= 15 is 0 Å². The Bertz CT molecular complexity index is 483. The van der Waals surface area contributed by atoms with Gasteiger partial charge in [-0.2, -0.15) is 5.26 Å². The highest BCUT2D eigenvalue weighted by atomic mass is 35.5. The van der Waals surface area contributed by atoms with Gasteiger partial charge in [0.2, 0.25) is 0 Å². The number of hydrogen-bond acceptors (Lipinski definition) is 3. The van der Waals surface area contributed by atoms with E-state index in [1.54, 1.807) is 31.2 Å². The third-order valence-electron chi connectivity index (χ3n) is 1.81. The summed E-state index contributed by atoms with van der Waals surface area (Å²) >= 11 is 11.6. The largest absolute Gasteiger partial charge is 0.462 e. The molecule has 0 aliphatic rings. The molecular formula is C12H9Cl2NO2. The van der Waals surface area contributed by atoms with Crippen LogP contribution in [0.4, 0.5) is 0 Å². The Labute approximate surface area is 109 Å². The lowest BCUT2D eigenvalue weighted by Gasteiger charge is -2.01. The zero-order valence-corrected chi connectivity index (χ0v) is 10.5. The van der Waals surface area contributed by atoms with Gasteiger partial charge in [0.15, 0.2) is 0 Å². The lowest BCUT2D eigenvalue weighted by molar-refractivity contribution is -0.137. The van der Waals surface area contributed by atoms with E-state index in [0.717, 1.165) is 0 Å². The summed E-state index contributed by atoms with van der Waals surface area (Å²) in [6.45, 7) is 1.89. The fourth-order valence-corrected chi connectivity index (χ4v) is 1.71. The quantitative estimate of drug-likeness (QED) is 0.480. The Kier molecular flexibility index (Phi) is 5.02. The maximum Gasteiger partial charge on any atom is 0.348 e. The molecule has 3 nitrogen and oxygen atoms in total. The molecular weight excluding hydrogens is 261 g/mol. The summed E-state index contributed by atoms with van der Waals surface area (Å²) in [5, 5.41) is 9.71. The lowest BCUT2D eigenvalue weighted by atomic mass is 10.1. The first kappa shape index (κ1) is 13.6. The molecule has 0 saturated heterocycles. The number of benzene rings is 1. The molecule has 0 amide bonds. The van der Waals surface area contributed by atoms with Gasteiger partial charge in [-0.05, 0) is 36.8 Å². The molecule has 0 spiro atoms. The summed E-state index contributed by atoms with van der Waals surface area (Å²) in [6, 6.07) is 6.54. The van der Waals surface area contributed by atoms with Gasteiger partial charge in [-0.1, -0.05) is 23.2 Å². The second-order valence-electron chi connectivity index (χ2n) is 3.09. The second kappa shape index (κ2) is 6.29. The molecule has 1 rings (SSSR count). The van der Waals surface area contributed by atoms with E-state index in [4.69, 9.17) is 33.2 Å². The van der Waals surface area contributed by atoms with Gasteiger partial charge in [0, 0.05) is 10.0 Å². The van der Waals surface area contributed by atoms with E-state index in [2.05, 4.69) is 0 Å². The minimum absolute atomic E-state index is 0.0924. The smallest absolute Gasteiger partial charge is 0.348 e. The Balaban J connectivity index is 3.07. The molecule has 0 saturated carbocycles. The molecule has 1 aromatic carbocycles. The first-order valence-electron chi connectivity index (χ1n) is 4.82. The average Bonchev–Trinajstić information content (AvgIpc) is 2.24. The van der Waals surface area contributed by atoms with Gasteiger partial charge in [-0.25, -0.2) is 4.79 Å². The van der Waals surface area contributed by atoms with Crippen molar-refractivity contribution in [2.75, 3.05) is 6.61 Å². The molecule has 17 heavy (non-hydrogen) atoms. The molecule has 0 aliphatic carbocycles. The normalized spacial score (nSPS) is 10.8. The van der Waals surface area contributed by atoms with Crippen molar-refractivity contribution in [3.8, 4) is 6.07 Å². The molecule has 0 unspecified atom stereocenters. The number of carbonyl (C=O) groups excluding carboxylic acids is 1. The highest BCUT2D eigenvalue weighted by Crippen LogP contribution is 2.21. The van der Waals surface area contributed by atoms with Crippen LogP contribution in [-0.4, -0.2) is 12.6 Å². The van der Waals surface area contributed by atoms with Crippen molar-refractivity contribution in [2.24, 2.45) is 0 Å². The maximum atomic E-state index is 11.4. The fourth-order valence-electron chi connectivity index (χ4n) is 1.17. The molecule has 0 aliphatic heterocycles. The van der Waals surface area contributed by atoms with E-state index in [1.165, 1.54) is 6.08 Å². The minimum atomic E-state index is -0.661. The van der Waals surface area contributed by atoms with Gasteiger partial charge in [-0.15, -0.1) is 0 Å². The molecule has 0 bridgehead atoms. The number of nitriles is 1. The standard InChI is InChI=1S/C12H9Cl2NO2/c1-2-17-12(16)9(7-15)3-8-4-10(13)6-11(14)5-8/h3-6H,2H2,1H3/b9-3-. The second-order valence-corrected chi connectivity index (χ2v) is 3.97. The van der Waals surface area contributed by atoms with Crippen molar-refractivity contribution in [1.29, 1.82) is 5.26 Å². The highest BCUT2D eigenvalue weighted by molar-refractivity contribution is 6.34. The zero-order chi connectivity index (χ0) is 12.8. The van der Waals surface area contributed by atoms with Crippen molar-refractivity contribution in [3.05, 3.63) is 39.4 Å². The number of rotatable bonds is 3. The van der Waals surface area contributed by atoms with Crippen LogP contribution >= 0.6 is 23.2 Å². The fraction of sp³-hybridized carbons (Fsp3) is 0.167. The molecule has 0 radical (unpaired) electrons. The average molecular weight is 270 g/mol. The number of carbonyl (C=O) groups is 1. The SMILES string of the molecule is CCOC(=O)/C(C#N)=C\c1cc(Cl)cc(Cl)c1. The van der Waals surface area contributed by atoms with E-state index in [9.17, 15) is 4.79 Å². The van der Waals surface area contributed by atoms with Crippen molar-refractivity contribution in [2.45, 2.75) is 6.92 Å². The Morgan fingerprint density at radius 3 is 2.47 bits per heavy atom. The van der Waals surface area contributed by atoms with E-state index < -0.39 is 5.97 Å². The third-order valence-corrected chi connectivity index (χ3v) is 2.25. The van der Waals surface area contributed by atoms with Crippen LogP contribution in [0.1, 0.15) is 12.5 Å². The molecule has 1 aromatic rings. The number of esters is 1. The summed E-state index contributed by atoms with van der Waals surface area (Å²) in [7, 11) is 0. The van der Waals surface area contributed by atoms with Crippen LogP contribution in [0.5, 0.6) is 0 Å². The Hall–Kier alpha value is -1.50. The topological polar surface area (TPSA) is 50.1 Å². The van der Waals surface area contributed by atoms with Gasteiger partial charge in [0.05, 0.1) is 6.61 Å². The maximum absolute atomic E-state index is 11.4. The monoisotopic (exact) mass is 269 g/mol. The zero-order valence-electron chi connectivity index (χ0n) is 9.04. The van der Waals surface area contributed by atoms with Gasteiger partial charge < -0.3 is 4.74 Å². The Morgan fingerprint density at radius 1 is 1.41 bits per heavy atom. The van der Waals surface area contributed by atoms with Crippen molar-refractivity contribution < 1.29 is 9.53 Å². The summed E-state index contributed by atoms with van der Waals surface area (Å²) in [6.07, 6.45) is 1.38. The lowest BCUT2D eigenvalue weighted by Crippen LogP contribution is -2.05. The van der Waals surface area contributed by atoms with Crippen LogP contribution in [0.25, 0.3) is 6.08 Å². The highest BCUT2D eigenvalue weighted by Gasteiger charge is 2.09. The summed E-state index contributed by atoms with van der Waals surface area (Å²) in [5.74, 6) is -0.661. The van der Waals surface area contributed by atoms with Crippen molar-refractivity contribution >= 4 is 35.2 Å². The summed E-state index contributed by atoms with van der Waals surface area (Å²) in [5.41, 5.74) is 0.484. The van der Waals surface area contributed by atoms with Gasteiger partial charge in [-0.3, -0.25) is 0 Å². The predicted octanol–water partition coefficient (Wildman–Crippen LogP) is 3.46. The summed E-state index contributed by atoms with van der Waals surface area (Å²) < 4.78 is 4.73. The minimum Gasteiger partial charge on any atom is -0.462 e. The summed E-state index contributed by atoms with van der Waals surface area (Å²) in [4.78, 5) is 11.4. The number of hydrogen-bond donors (Lipinski definition) is 0. The van der Waals surface area contributed by atoms with E-state index in [0.29, 0.717) is 15.6 Å². The predicted molar refractivity (Wildman–Crippen MR) is 66.7 cm³/mol. The van der Waals surface area contributed by atoms with E-state index in [1.807, 2.05) is 0 Å².